The number of hydrogen-bond donors (Lipinski definition) is 1. The fourth-order valence-electron chi connectivity index (χ4n) is 2.18. The van der Waals surface area contributed by atoms with Gasteiger partial charge in [0.15, 0.2) is 0 Å². The molecule has 1 saturated heterocycles. The monoisotopic (exact) mass is 281 g/mol. The highest BCUT2D eigenvalue weighted by Gasteiger charge is 2.27. The van der Waals surface area contributed by atoms with E-state index in [9.17, 15) is 13.2 Å². The molecule has 1 heterocycles. The molecule has 1 aliphatic heterocycles. The highest BCUT2D eigenvalue weighted by atomic mass is 35.5. The molecule has 1 fully saturated rings. The summed E-state index contributed by atoms with van der Waals surface area (Å²) in [6.07, 6.45) is 1.33. The van der Waals surface area contributed by atoms with Crippen molar-refractivity contribution in [1.82, 2.24) is 0 Å². The van der Waals surface area contributed by atoms with Gasteiger partial charge < -0.3 is 10.5 Å². The summed E-state index contributed by atoms with van der Waals surface area (Å²) in [5.74, 6) is -2.79. The molecule has 2 N–H and O–H groups in total. The van der Waals surface area contributed by atoms with E-state index in [0.29, 0.717) is 38.2 Å². The summed E-state index contributed by atoms with van der Waals surface area (Å²) in [7, 11) is 0. The number of hydrogen-bond acceptors (Lipinski definition) is 2. The van der Waals surface area contributed by atoms with Crippen LogP contribution in [-0.4, -0.2) is 13.2 Å². The van der Waals surface area contributed by atoms with Gasteiger partial charge in [-0.3, -0.25) is 0 Å². The zero-order valence-electron chi connectivity index (χ0n) is 9.67. The van der Waals surface area contributed by atoms with Crippen LogP contribution < -0.4 is 5.73 Å². The third-order valence-corrected chi connectivity index (χ3v) is 3.15. The van der Waals surface area contributed by atoms with Crippen LogP contribution in [0.25, 0.3) is 0 Å². The first-order valence-corrected chi connectivity index (χ1v) is 5.57. The minimum Gasteiger partial charge on any atom is -0.381 e. The Balaban J connectivity index is 0.00000162. The SMILES string of the molecule is Cl.N[C@H](c1c(F)cc(F)cc1F)C1CCOCC1. The molecule has 1 aromatic carbocycles. The van der Waals surface area contributed by atoms with E-state index >= 15 is 0 Å². The van der Waals surface area contributed by atoms with Gasteiger partial charge in [0.2, 0.25) is 0 Å². The summed E-state index contributed by atoms with van der Waals surface area (Å²) in [5, 5.41) is 0. The predicted molar refractivity (Wildman–Crippen MR) is 64.0 cm³/mol. The summed E-state index contributed by atoms with van der Waals surface area (Å²) >= 11 is 0. The molecule has 1 atom stereocenters. The Hall–Kier alpha value is -0.780. The van der Waals surface area contributed by atoms with Gasteiger partial charge in [-0.15, -0.1) is 12.4 Å². The summed E-state index contributed by atoms with van der Waals surface area (Å²) in [5.41, 5.74) is 5.64. The maximum Gasteiger partial charge on any atom is 0.133 e. The van der Waals surface area contributed by atoms with E-state index in [2.05, 4.69) is 0 Å². The Morgan fingerprint density at radius 1 is 1.11 bits per heavy atom. The number of ether oxygens (including phenoxy) is 1. The maximum atomic E-state index is 13.5. The second kappa shape index (κ2) is 6.41. The molecule has 1 aromatic rings. The molecule has 0 amide bonds. The van der Waals surface area contributed by atoms with E-state index in [1.54, 1.807) is 0 Å². The van der Waals surface area contributed by atoms with Crippen LogP contribution in [0.2, 0.25) is 0 Å². The lowest BCUT2D eigenvalue weighted by atomic mass is 9.87. The summed E-state index contributed by atoms with van der Waals surface area (Å²) in [6.45, 7) is 1.09. The maximum absolute atomic E-state index is 13.5. The molecule has 2 rings (SSSR count). The summed E-state index contributed by atoms with van der Waals surface area (Å²) in [4.78, 5) is 0. The Morgan fingerprint density at radius 2 is 1.61 bits per heavy atom. The second-order valence-electron chi connectivity index (χ2n) is 4.26. The van der Waals surface area contributed by atoms with E-state index in [4.69, 9.17) is 10.5 Å². The van der Waals surface area contributed by atoms with Gasteiger partial charge in [0.05, 0.1) is 0 Å². The van der Waals surface area contributed by atoms with Gasteiger partial charge in [-0.25, -0.2) is 13.2 Å². The molecule has 1 aliphatic rings. The van der Waals surface area contributed by atoms with Gasteiger partial charge in [-0.05, 0) is 18.8 Å². The highest BCUT2D eigenvalue weighted by Crippen LogP contribution is 2.31. The van der Waals surface area contributed by atoms with Crippen LogP contribution in [0.5, 0.6) is 0 Å². The third kappa shape index (κ3) is 3.16. The molecule has 0 aromatic heterocycles. The molecule has 0 radical (unpaired) electrons. The van der Waals surface area contributed by atoms with E-state index in [-0.39, 0.29) is 23.9 Å². The van der Waals surface area contributed by atoms with Crippen LogP contribution in [0.3, 0.4) is 0 Å². The van der Waals surface area contributed by atoms with Crippen LogP contribution in [0, 0.1) is 23.4 Å². The fourth-order valence-corrected chi connectivity index (χ4v) is 2.18. The number of nitrogens with two attached hydrogens (primary N) is 1. The van der Waals surface area contributed by atoms with Gasteiger partial charge in [-0.1, -0.05) is 0 Å². The predicted octanol–water partition coefficient (Wildman–Crippen LogP) is 2.95. The Kier molecular flexibility index (Phi) is 5.44. The van der Waals surface area contributed by atoms with E-state index in [1.807, 2.05) is 0 Å². The van der Waals surface area contributed by atoms with E-state index in [1.165, 1.54) is 0 Å². The van der Waals surface area contributed by atoms with E-state index < -0.39 is 23.5 Å². The van der Waals surface area contributed by atoms with Crippen LogP contribution in [0.15, 0.2) is 12.1 Å². The molecular weight excluding hydrogens is 267 g/mol. The molecule has 102 valence electrons. The van der Waals surface area contributed by atoms with Crippen molar-refractivity contribution >= 4 is 12.4 Å². The molecule has 2 nitrogen and oxygen atoms in total. The third-order valence-electron chi connectivity index (χ3n) is 3.15. The van der Waals surface area contributed by atoms with Gasteiger partial charge in [0.1, 0.15) is 17.5 Å². The quantitative estimate of drug-likeness (QED) is 0.904. The van der Waals surface area contributed by atoms with Crippen molar-refractivity contribution in [1.29, 1.82) is 0 Å². The van der Waals surface area contributed by atoms with Gasteiger partial charge >= 0.3 is 0 Å². The van der Waals surface area contributed by atoms with Crippen LogP contribution in [-0.2, 0) is 4.74 Å². The molecule has 0 bridgehead atoms. The Bertz CT molecular complexity index is 387. The van der Waals surface area contributed by atoms with Gasteiger partial charge in [-0.2, -0.15) is 0 Å². The first-order chi connectivity index (χ1) is 8.09. The van der Waals surface area contributed by atoms with Crippen molar-refractivity contribution in [3.63, 3.8) is 0 Å². The molecule has 18 heavy (non-hydrogen) atoms. The van der Waals surface area contributed by atoms with Crippen molar-refractivity contribution in [3.8, 4) is 0 Å². The highest BCUT2D eigenvalue weighted by molar-refractivity contribution is 5.85. The minimum atomic E-state index is -0.928. The zero-order valence-corrected chi connectivity index (χ0v) is 10.5. The Labute approximate surface area is 110 Å². The second-order valence-corrected chi connectivity index (χ2v) is 4.26. The summed E-state index contributed by atoms with van der Waals surface area (Å²) < 4.78 is 45.0. The first-order valence-electron chi connectivity index (χ1n) is 5.57. The smallest absolute Gasteiger partial charge is 0.133 e. The van der Waals surface area contributed by atoms with Crippen molar-refractivity contribution in [3.05, 3.63) is 35.1 Å². The lowest BCUT2D eigenvalue weighted by molar-refractivity contribution is 0.0575. The van der Waals surface area contributed by atoms with E-state index in [0.717, 1.165) is 0 Å². The van der Waals surface area contributed by atoms with Gasteiger partial charge in [0.25, 0.3) is 0 Å². The first kappa shape index (κ1) is 15.3. The van der Waals surface area contributed by atoms with Gasteiger partial charge in [0, 0.05) is 37.0 Å². The normalized spacial score (nSPS) is 18.2. The summed E-state index contributed by atoms with van der Waals surface area (Å²) in [6, 6.07) is 0.578. The number of benzene rings is 1. The number of rotatable bonds is 2. The van der Waals surface area contributed by atoms with Crippen molar-refractivity contribution < 1.29 is 17.9 Å². The van der Waals surface area contributed by atoms with Crippen molar-refractivity contribution in [2.45, 2.75) is 18.9 Å². The van der Waals surface area contributed by atoms with Crippen molar-refractivity contribution in [2.24, 2.45) is 11.7 Å². The molecule has 0 spiro atoms. The minimum absolute atomic E-state index is 0. The molecule has 0 saturated carbocycles. The molecular formula is C12H15ClF3NO. The van der Waals surface area contributed by atoms with Crippen molar-refractivity contribution in [2.75, 3.05) is 13.2 Å². The fraction of sp³-hybridized carbons (Fsp3) is 0.500. The number of halogens is 4. The topological polar surface area (TPSA) is 35.2 Å². The van der Waals surface area contributed by atoms with Crippen LogP contribution in [0.1, 0.15) is 24.4 Å². The lowest BCUT2D eigenvalue weighted by Crippen LogP contribution is -2.29. The van der Waals surface area contributed by atoms with Crippen LogP contribution in [0.4, 0.5) is 13.2 Å². The lowest BCUT2D eigenvalue weighted by Gasteiger charge is -2.28. The molecule has 0 unspecified atom stereocenters. The molecule has 6 heteroatoms. The average molecular weight is 282 g/mol. The molecule has 0 aliphatic carbocycles. The van der Waals surface area contributed by atoms with Crippen LogP contribution >= 0.6 is 12.4 Å². The Morgan fingerprint density at radius 3 is 2.11 bits per heavy atom. The standard InChI is InChI=1S/C12H14F3NO.ClH/c13-8-5-9(14)11(10(15)6-8)12(16)7-1-3-17-4-2-7;/h5-7,12H,1-4,16H2;1H/t12-;/m0./s1. The largest absolute Gasteiger partial charge is 0.381 e. The zero-order chi connectivity index (χ0) is 12.4. The average Bonchev–Trinajstić information content (AvgIpc) is 2.28.